The summed E-state index contributed by atoms with van der Waals surface area (Å²) in [6.45, 7) is 4.74. The first kappa shape index (κ1) is 16.3. The first-order chi connectivity index (χ1) is 10.4. The fourth-order valence-corrected chi connectivity index (χ4v) is 2.17. The summed E-state index contributed by atoms with van der Waals surface area (Å²) in [6.07, 6.45) is 1.92. The normalized spacial score (nSPS) is 13.9. The Hall–Kier alpha value is -2.04. The van der Waals surface area contributed by atoms with Gasteiger partial charge in [0.2, 0.25) is 5.91 Å². The van der Waals surface area contributed by atoms with Crippen molar-refractivity contribution in [3.8, 4) is 0 Å². The van der Waals surface area contributed by atoms with Crippen LogP contribution in [0.1, 0.15) is 37.0 Å². The number of hydrogen-bond donors (Lipinski definition) is 2. The highest BCUT2D eigenvalue weighted by Gasteiger charge is 2.29. The van der Waals surface area contributed by atoms with E-state index < -0.39 is 0 Å². The number of hydrogen-bond acceptors (Lipinski definition) is 3. The molecule has 0 unspecified atom stereocenters. The number of rotatable bonds is 6. The van der Waals surface area contributed by atoms with Crippen LogP contribution in [0.4, 0.5) is 11.4 Å². The maximum atomic E-state index is 12.4. The van der Waals surface area contributed by atoms with Crippen LogP contribution < -0.4 is 15.5 Å². The third kappa shape index (κ3) is 4.23. The van der Waals surface area contributed by atoms with Crippen molar-refractivity contribution < 1.29 is 9.59 Å². The lowest BCUT2D eigenvalue weighted by Gasteiger charge is -2.19. The Balaban J connectivity index is 2.18. The van der Waals surface area contributed by atoms with Gasteiger partial charge in [0.05, 0.1) is 5.56 Å². The molecule has 0 bridgehead atoms. The minimum Gasteiger partial charge on any atom is -0.377 e. The molecule has 5 heteroatoms. The summed E-state index contributed by atoms with van der Waals surface area (Å²) in [6, 6.07) is 5.47. The molecular formula is C17H25N3O2. The topological polar surface area (TPSA) is 61.4 Å². The molecule has 2 rings (SSSR count). The third-order valence-electron chi connectivity index (χ3n) is 3.61. The number of anilines is 2. The SMILES string of the molecule is CC(C)CNC(=O)c1cc(NC(=O)C2CC2)ccc1N(C)C. The maximum Gasteiger partial charge on any atom is 0.253 e. The molecule has 1 aromatic carbocycles. The van der Waals surface area contributed by atoms with Gasteiger partial charge in [-0.15, -0.1) is 0 Å². The van der Waals surface area contributed by atoms with Gasteiger partial charge in [0.15, 0.2) is 0 Å². The molecule has 0 radical (unpaired) electrons. The Kier molecular flexibility index (Phi) is 5.06. The van der Waals surface area contributed by atoms with Crippen LogP contribution in [-0.2, 0) is 4.79 Å². The maximum absolute atomic E-state index is 12.4. The van der Waals surface area contributed by atoms with Crippen LogP contribution >= 0.6 is 0 Å². The van der Waals surface area contributed by atoms with Crippen LogP contribution in [-0.4, -0.2) is 32.5 Å². The van der Waals surface area contributed by atoms with Gasteiger partial charge in [-0.25, -0.2) is 0 Å². The highest BCUT2D eigenvalue weighted by Crippen LogP contribution is 2.31. The zero-order valence-electron chi connectivity index (χ0n) is 13.8. The highest BCUT2D eigenvalue weighted by atomic mass is 16.2. The van der Waals surface area contributed by atoms with E-state index >= 15 is 0 Å². The number of nitrogens with zero attached hydrogens (tertiary/aromatic N) is 1. The third-order valence-corrected chi connectivity index (χ3v) is 3.61. The quantitative estimate of drug-likeness (QED) is 0.849. The second-order valence-electron chi connectivity index (χ2n) is 6.49. The number of nitrogens with one attached hydrogen (secondary N) is 2. The van der Waals surface area contributed by atoms with E-state index in [2.05, 4.69) is 24.5 Å². The summed E-state index contributed by atoms with van der Waals surface area (Å²) in [7, 11) is 3.80. The van der Waals surface area contributed by atoms with Crippen LogP contribution in [0, 0.1) is 11.8 Å². The van der Waals surface area contributed by atoms with Crippen molar-refractivity contribution in [3.05, 3.63) is 23.8 Å². The molecule has 2 N–H and O–H groups in total. The molecule has 0 atom stereocenters. The van der Waals surface area contributed by atoms with Gasteiger partial charge in [-0.3, -0.25) is 9.59 Å². The molecule has 1 fully saturated rings. The van der Waals surface area contributed by atoms with Gasteiger partial charge >= 0.3 is 0 Å². The fourth-order valence-electron chi connectivity index (χ4n) is 2.17. The minimum atomic E-state index is -0.111. The van der Waals surface area contributed by atoms with Crippen LogP contribution in [0.15, 0.2) is 18.2 Å². The molecule has 5 nitrogen and oxygen atoms in total. The lowest BCUT2D eigenvalue weighted by atomic mass is 10.1. The van der Waals surface area contributed by atoms with E-state index in [1.165, 1.54) is 0 Å². The van der Waals surface area contributed by atoms with E-state index in [9.17, 15) is 9.59 Å². The molecule has 2 amide bonds. The van der Waals surface area contributed by atoms with E-state index in [4.69, 9.17) is 0 Å². The smallest absolute Gasteiger partial charge is 0.253 e. The summed E-state index contributed by atoms with van der Waals surface area (Å²) >= 11 is 0. The number of carbonyl (C=O) groups is 2. The van der Waals surface area contributed by atoms with Crippen molar-refractivity contribution in [2.75, 3.05) is 30.9 Å². The predicted molar refractivity (Wildman–Crippen MR) is 89.3 cm³/mol. The molecule has 22 heavy (non-hydrogen) atoms. The second-order valence-corrected chi connectivity index (χ2v) is 6.49. The minimum absolute atomic E-state index is 0.0474. The Labute approximate surface area is 132 Å². The van der Waals surface area contributed by atoms with Gasteiger partial charge in [-0.1, -0.05) is 13.8 Å². The van der Waals surface area contributed by atoms with Crippen molar-refractivity contribution in [1.82, 2.24) is 5.32 Å². The summed E-state index contributed by atoms with van der Waals surface area (Å²) in [5.41, 5.74) is 2.10. The fraction of sp³-hybridized carbons (Fsp3) is 0.529. The van der Waals surface area contributed by atoms with Crippen molar-refractivity contribution >= 4 is 23.2 Å². The van der Waals surface area contributed by atoms with Crippen molar-refractivity contribution in [2.45, 2.75) is 26.7 Å². The Morgan fingerprint density at radius 2 is 1.95 bits per heavy atom. The molecule has 120 valence electrons. The summed E-state index contributed by atoms with van der Waals surface area (Å²) in [5.74, 6) is 0.474. The molecule has 0 saturated heterocycles. The average molecular weight is 303 g/mol. The van der Waals surface area contributed by atoms with Gasteiger partial charge in [-0.2, -0.15) is 0 Å². The number of amides is 2. The zero-order valence-corrected chi connectivity index (χ0v) is 13.8. The Morgan fingerprint density at radius 1 is 1.27 bits per heavy atom. The summed E-state index contributed by atoms with van der Waals surface area (Å²) < 4.78 is 0. The highest BCUT2D eigenvalue weighted by molar-refractivity contribution is 6.02. The van der Waals surface area contributed by atoms with Crippen LogP contribution in [0.3, 0.4) is 0 Å². The van der Waals surface area contributed by atoms with Crippen molar-refractivity contribution in [2.24, 2.45) is 11.8 Å². The number of carbonyl (C=O) groups excluding carboxylic acids is 2. The lowest BCUT2D eigenvalue weighted by molar-refractivity contribution is -0.117. The molecule has 0 heterocycles. The van der Waals surface area contributed by atoms with Gasteiger partial charge in [0.1, 0.15) is 0 Å². The van der Waals surface area contributed by atoms with E-state index in [0.717, 1.165) is 18.5 Å². The molecule has 0 aliphatic heterocycles. The largest absolute Gasteiger partial charge is 0.377 e. The molecule has 1 aromatic rings. The zero-order chi connectivity index (χ0) is 16.3. The lowest BCUT2D eigenvalue weighted by Crippen LogP contribution is -2.29. The monoisotopic (exact) mass is 303 g/mol. The standard InChI is InChI=1S/C17H25N3O2/c1-11(2)10-18-17(22)14-9-13(7-8-15(14)20(3)4)19-16(21)12-5-6-12/h7-9,11-12H,5-6,10H2,1-4H3,(H,18,22)(H,19,21). The van der Waals surface area contributed by atoms with Gasteiger partial charge in [0.25, 0.3) is 5.91 Å². The summed E-state index contributed by atoms with van der Waals surface area (Å²) in [5, 5.41) is 5.82. The van der Waals surface area contributed by atoms with Gasteiger partial charge in [-0.05, 0) is 37.0 Å². The first-order valence-corrected chi connectivity index (χ1v) is 7.79. The van der Waals surface area contributed by atoms with Crippen molar-refractivity contribution in [1.29, 1.82) is 0 Å². The Bertz CT molecular complexity index is 563. The van der Waals surface area contributed by atoms with Gasteiger partial charge in [0, 0.05) is 37.9 Å². The van der Waals surface area contributed by atoms with E-state index in [1.54, 1.807) is 6.07 Å². The molecule has 1 aliphatic carbocycles. The average Bonchev–Trinajstić information content (AvgIpc) is 3.28. The second kappa shape index (κ2) is 6.81. The molecule has 1 aliphatic rings. The molecule has 1 saturated carbocycles. The first-order valence-electron chi connectivity index (χ1n) is 7.79. The van der Waals surface area contributed by atoms with Crippen LogP contribution in [0.5, 0.6) is 0 Å². The van der Waals surface area contributed by atoms with E-state index in [1.807, 2.05) is 31.1 Å². The van der Waals surface area contributed by atoms with E-state index in [0.29, 0.717) is 23.7 Å². The predicted octanol–water partition coefficient (Wildman–Crippen LogP) is 2.49. The number of benzene rings is 1. The van der Waals surface area contributed by atoms with Crippen LogP contribution in [0.25, 0.3) is 0 Å². The molecular weight excluding hydrogens is 278 g/mol. The van der Waals surface area contributed by atoms with E-state index in [-0.39, 0.29) is 17.7 Å². The molecule has 0 aromatic heterocycles. The summed E-state index contributed by atoms with van der Waals surface area (Å²) in [4.78, 5) is 26.2. The van der Waals surface area contributed by atoms with Gasteiger partial charge < -0.3 is 15.5 Å². The van der Waals surface area contributed by atoms with Crippen LogP contribution in [0.2, 0.25) is 0 Å². The van der Waals surface area contributed by atoms with Crippen molar-refractivity contribution in [3.63, 3.8) is 0 Å². The molecule has 0 spiro atoms. The Morgan fingerprint density at radius 3 is 2.50 bits per heavy atom.